The van der Waals surface area contributed by atoms with Gasteiger partial charge in [-0.05, 0) is 71.3 Å². The molecule has 0 atom stereocenters. The third-order valence-corrected chi connectivity index (χ3v) is 9.41. The van der Waals surface area contributed by atoms with Gasteiger partial charge < -0.3 is 9.13 Å². The molecule has 0 aliphatic heterocycles. The van der Waals surface area contributed by atoms with Crippen LogP contribution < -0.4 is 0 Å². The smallest absolute Gasteiger partial charge is 0.101 e. The SMILES string of the molecule is N#Cc1ccc2c(c1)c1ccc(-c3ccccc3-c3ccccc3-n3c4ccccc4c4ccccc43)cc1n2-c1ccccc1C#N. The molecule has 4 nitrogen and oxygen atoms in total. The first-order valence-corrected chi connectivity index (χ1v) is 15.9. The van der Waals surface area contributed by atoms with E-state index in [-0.39, 0.29) is 0 Å². The van der Waals surface area contributed by atoms with Crippen molar-refractivity contribution < 1.29 is 0 Å². The molecule has 2 heterocycles. The molecule has 0 fully saturated rings. The average Bonchev–Trinajstić information content (AvgIpc) is 3.66. The minimum atomic E-state index is 0.589. The number of aromatic nitrogens is 2. The van der Waals surface area contributed by atoms with E-state index < -0.39 is 0 Å². The maximum Gasteiger partial charge on any atom is 0.101 e. The molecule has 4 heteroatoms. The largest absolute Gasteiger partial charge is 0.309 e. The topological polar surface area (TPSA) is 57.4 Å². The predicted molar refractivity (Wildman–Crippen MR) is 195 cm³/mol. The lowest BCUT2D eigenvalue weighted by Crippen LogP contribution is -1.98. The van der Waals surface area contributed by atoms with Crippen LogP contribution in [-0.2, 0) is 0 Å². The summed E-state index contributed by atoms with van der Waals surface area (Å²) < 4.78 is 4.53. The summed E-state index contributed by atoms with van der Waals surface area (Å²) in [5, 5.41) is 24.2. The lowest BCUT2D eigenvalue weighted by molar-refractivity contribution is 1.17. The van der Waals surface area contributed by atoms with Gasteiger partial charge in [-0.2, -0.15) is 10.5 Å². The number of para-hydroxylation sites is 4. The van der Waals surface area contributed by atoms with Crippen LogP contribution in [0.25, 0.3) is 77.2 Å². The van der Waals surface area contributed by atoms with Crippen LogP contribution in [0, 0.1) is 22.7 Å². The standard InChI is InChI=1S/C44H26N4/c45-27-29-21-24-43-38(25-29)37-23-22-30(26-44(37)47(43)39-17-7-1-11-31(39)28-46)32-12-2-3-13-33(32)34-14-4-8-18-40(34)48-41-19-9-5-15-35(41)36-16-6-10-20-42(36)48/h1-26H. The fourth-order valence-electron chi connectivity index (χ4n) is 7.33. The number of fused-ring (bicyclic) bond motifs is 6. The number of hydrogen-bond donors (Lipinski definition) is 0. The van der Waals surface area contributed by atoms with Crippen molar-refractivity contribution in [3.8, 4) is 45.8 Å². The van der Waals surface area contributed by atoms with Crippen LogP contribution in [0.5, 0.6) is 0 Å². The van der Waals surface area contributed by atoms with E-state index in [1.54, 1.807) is 0 Å². The molecule has 0 aliphatic carbocycles. The van der Waals surface area contributed by atoms with Crippen molar-refractivity contribution in [2.75, 3.05) is 0 Å². The van der Waals surface area contributed by atoms with Crippen LogP contribution in [0.15, 0.2) is 158 Å². The van der Waals surface area contributed by atoms with Gasteiger partial charge in [-0.15, -0.1) is 0 Å². The molecule has 0 saturated carbocycles. The normalized spacial score (nSPS) is 11.3. The minimum absolute atomic E-state index is 0.589. The van der Waals surface area contributed by atoms with Gasteiger partial charge in [-0.1, -0.05) is 103 Å². The van der Waals surface area contributed by atoms with E-state index in [0.717, 1.165) is 55.4 Å². The Hall–Kier alpha value is -6.88. The number of nitriles is 2. The van der Waals surface area contributed by atoms with Crippen LogP contribution in [0.4, 0.5) is 0 Å². The highest BCUT2D eigenvalue weighted by Gasteiger charge is 2.19. The molecule has 0 N–H and O–H groups in total. The van der Waals surface area contributed by atoms with Gasteiger partial charge >= 0.3 is 0 Å². The summed E-state index contributed by atoms with van der Waals surface area (Å²) in [6.45, 7) is 0. The zero-order valence-electron chi connectivity index (χ0n) is 25.8. The molecule has 0 bridgehead atoms. The van der Waals surface area contributed by atoms with Gasteiger partial charge in [0.15, 0.2) is 0 Å². The van der Waals surface area contributed by atoms with E-state index >= 15 is 0 Å². The Morgan fingerprint density at radius 3 is 1.67 bits per heavy atom. The lowest BCUT2D eigenvalue weighted by atomic mass is 9.93. The monoisotopic (exact) mass is 610 g/mol. The van der Waals surface area contributed by atoms with Gasteiger partial charge in [0.2, 0.25) is 0 Å². The van der Waals surface area contributed by atoms with E-state index in [9.17, 15) is 10.5 Å². The van der Waals surface area contributed by atoms with E-state index in [1.807, 2.05) is 42.5 Å². The highest BCUT2D eigenvalue weighted by Crippen LogP contribution is 2.41. The van der Waals surface area contributed by atoms with Gasteiger partial charge in [0.05, 0.1) is 50.6 Å². The molecule has 0 unspecified atom stereocenters. The van der Waals surface area contributed by atoms with Gasteiger partial charge in [0.1, 0.15) is 6.07 Å². The molecule has 0 radical (unpaired) electrons. The molecule has 0 spiro atoms. The molecular weight excluding hydrogens is 585 g/mol. The maximum atomic E-state index is 10.1. The Bertz CT molecular complexity index is 2760. The summed E-state index contributed by atoms with van der Waals surface area (Å²) in [4.78, 5) is 0. The Kier molecular flexibility index (Phi) is 6.22. The first kappa shape index (κ1) is 27.4. The van der Waals surface area contributed by atoms with Crippen LogP contribution in [0.1, 0.15) is 11.1 Å². The lowest BCUT2D eigenvalue weighted by Gasteiger charge is -2.17. The molecule has 0 aliphatic rings. The molecule has 9 aromatic rings. The zero-order chi connectivity index (χ0) is 32.2. The van der Waals surface area contributed by atoms with Crippen LogP contribution in [0.2, 0.25) is 0 Å². The minimum Gasteiger partial charge on any atom is -0.309 e. The van der Waals surface area contributed by atoms with Crippen molar-refractivity contribution in [3.63, 3.8) is 0 Å². The summed E-state index contributed by atoms with van der Waals surface area (Å²) in [6, 6.07) is 59.1. The fourth-order valence-corrected chi connectivity index (χ4v) is 7.33. The first-order chi connectivity index (χ1) is 23.7. The van der Waals surface area contributed by atoms with Crippen molar-refractivity contribution in [3.05, 3.63) is 169 Å². The van der Waals surface area contributed by atoms with Gasteiger partial charge in [-0.25, -0.2) is 0 Å². The highest BCUT2D eigenvalue weighted by molar-refractivity contribution is 6.12. The van der Waals surface area contributed by atoms with Crippen molar-refractivity contribution in [2.24, 2.45) is 0 Å². The summed E-state index contributed by atoms with van der Waals surface area (Å²) >= 11 is 0. The van der Waals surface area contributed by atoms with Crippen molar-refractivity contribution >= 4 is 43.6 Å². The Labute approximate surface area is 277 Å². The molecule has 48 heavy (non-hydrogen) atoms. The second kappa shape index (κ2) is 10.9. The molecule has 9 rings (SSSR count). The molecule has 0 saturated heterocycles. The zero-order valence-corrected chi connectivity index (χ0v) is 25.8. The van der Waals surface area contributed by atoms with E-state index in [4.69, 9.17) is 0 Å². The first-order valence-electron chi connectivity index (χ1n) is 15.9. The molecule has 222 valence electrons. The van der Waals surface area contributed by atoms with Crippen LogP contribution in [-0.4, -0.2) is 9.13 Å². The van der Waals surface area contributed by atoms with Crippen LogP contribution in [0.3, 0.4) is 0 Å². The van der Waals surface area contributed by atoms with E-state index in [0.29, 0.717) is 11.1 Å². The van der Waals surface area contributed by atoms with Gasteiger partial charge in [0.25, 0.3) is 0 Å². The predicted octanol–water partition coefficient (Wildman–Crippen LogP) is 11.0. The number of hydrogen-bond acceptors (Lipinski definition) is 2. The Balaban J connectivity index is 1.31. The third-order valence-electron chi connectivity index (χ3n) is 9.41. The summed E-state index contributed by atoms with van der Waals surface area (Å²) in [7, 11) is 0. The molecule has 0 amide bonds. The van der Waals surface area contributed by atoms with Gasteiger partial charge in [0, 0.05) is 27.1 Å². The second-order valence-electron chi connectivity index (χ2n) is 12.0. The third kappa shape index (κ3) is 4.07. The summed E-state index contributed by atoms with van der Waals surface area (Å²) in [6.07, 6.45) is 0. The van der Waals surface area contributed by atoms with Crippen LogP contribution >= 0.6 is 0 Å². The van der Waals surface area contributed by atoms with E-state index in [1.165, 1.54) is 21.8 Å². The van der Waals surface area contributed by atoms with Crippen molar-refractivity contribution in [1.29, 1.82) is 10.5 Å². The second-order valence-corrected chi connectivity index (χ2v) is 12.0. The molecular formula is C44H26N4. The van der Waals surface area contributed by atoms with Gasteiger partial charge in [-0.3, -0.25) is 0 Å². The Morgan fingerprint density at radius 2 is 0.938 bits per heavy atom. The number of rotatable bonds is 4. The summed E-state index contributed by atoms with van der Waals surface area (Å²) in [5.41, 5.74) is 11.8. The summed E-state index contributed by atoms with van der Waals surface area (Å²) in [5.74, 6) is 0. The van der Waals surface area contributed by atoms with Crippen molar-refractivity contribution in [2.45, 2.75) is 0 Å². The van der Waals surface area contributed by atoms with E-state index in [2.05, 4.69) is 137 Å². The fraction of sp³-hybridized carbons (Fsp3) is 0. The maximum absolute atomic E-state index is 10.1. The average molecular weight is 611 g/mol. The highest BCUT2D eigenvalue weighted by atomic mass is 15.0. The number of benzene rings is 7. The Morgan fingerprint density at radius 1 is 0.375 bits per heavy atom. The molecule has 2 aromatic heterocycles. The van der Waals surface area contributed by atoms with Crippen molar-refractivity contribution in [1.82, 2.24) is 9.13 Å². The quantitative estimate of drug-likeness (QED) is 0.199. The number of nitrogens with zero attached hydrogens (tertiary/aromatic N) is 4. The molecule has 7 aromatic carbocycles.